The lowest BCUT2D eigenvalue weighted by atomic mass is 9.97. The van der Waals surface area contributed by atoms with Gasteiger partial charge in [0.1, 0.15) is 18.7 Å². The van der Waals surface area contributed by atoms with E-state index in [1.807, 2.05) is 29.4 Å². The van der Waals surface area contributed by atoms with Crippen molar-refractivity contribution in [1.29, 1.82) is 0 Å². The lowest BCUT2D eigenvalue weighted by Gasteiger charge is -2.32. The number of rotatable bonds is 5. The average Bonchev–Trinajstić information content (AvgIpc) is 3.35. The minimum absolute atomic E-state index is 0.0363. The number of nitrogens with zero attached hydrogens (tertiary/aromatic N) is 8. The number of hydrogen-bond donors (Lipinski definition) is 0. The van der Waals surface area contributed by atoms with Gasteiger partial charge in [-0.15, -0.1) is 5.10 Å². The zero-order valence-electron chi connectivity index (χ0n) is 14.3. The smallest absolute Gasteiger partial charge is 0.244 e. The highest BCUT2D eigenvalue weighted by Crippen LogP contribution is 2.26. The Morgan fingerprint density at radius 2 is 2.12 bits per heavy atom. The molecule has 0 N–H and O–H groups in total. The molecule has 4 heterocycles. The SMILES string of the molecule is O=C(Cn1cnnn1)N1CCC[C@@H](c2nccn2Cc2ccncc2)C1. The largest absolute Gasteiger partial charge is 0.340 e. The zero-order valence-corrected chi connectivity index (χ0v) is 14.3. The van der Waals surface area contributed by atoms with E-state index in [-0.39, 0.29) is 18.4 Å². The van der Waals surface area contributed by atoms with Gasteiger partial charge in [0.05, 0.1) is 0 Å². The third kappa shape index (κ3) is 3.61. The van der Waals surface area contributed by atoms with Crippen LogP contribution in [0.4, 0.5) is 0 Å². The minimum Gasteiger partial charge on any atom is -0.340 e. The van der Waals surface area contributed by atoms with Crippen LogP contribution in [0.2, 0.25) is 0 Å². The summed E-state index contributed by atoms with van der Waals surface area (Å²) in [6, 6.07) is 4.01. The maximum absolute atomic E-state index is 12.5. The lowest BCUT2D eigenvalue weighted by Crippen LogP contribution is -2.41. The van der Waals surface area contributed by atoms with Crippen LogP contribution in [0.15, 0.2) is 43.2 Å². The van der Waals surface area contributed by atoms with Crippen LogP contribution >= 0.6 is 0 Å². The molecule has 0 radical (unpaired) electrons. The fourth-order valence-corrected chi connectivity index (χ4v) is 3.40. The van der Waals surface area contributed by atoms with Crippen LogP contribution in [0.25, 0.3) is 0 Å². The number of carbonyl (C=O) groups is 1. The molecular weight excluding hydrogens is 332 g/mol. The molecule has 0 bridgehead atoms. The molecule has 9 nitrogen and oxygen atoms in total. The van der Waals surface area contributed by atoms with Gasteiger partial charge in [0.15, 0.2) is 0 Å². The van der Waals surface area contributed by atoms with Gasteiger partial charge in [-0.1, -0.05) is 0 Å². The van der Waals surface area contributed by atoms with Gasteiger partial charge in [0, 0.05) is 50.3 Å². The van der Waals surface area contributed by atoms with Crippen molar-refractivity contribution < 1.29 is 4.79 Å². The number of amides is 1. The number of piperidine rings is 1. The number of likely N-dealkylation sites (tertiary alicyclic amines) is 1. The van der Waals surface area contributed by atoms with E-state index in [0.29, 0.717) is 6.54 Å². The Kier molecular flexibility index (Phi) is 4.67. The van der Waals surface area contributed by atoms with Crippen LogP contribution in [0.5, 0.6) is 0 Å². The highest BCUT2D eigenvalue weighted by atomic mass is 16.2. The van der Waals surface area contributed by atoms with E-state index >= 15 is 0 Å². The topological polar surface area (TPSA) is 94.6 Å². The van der Waals surface area contributed by atoms with Gasteiger partial charge < -0.3 is 9.47 Å². The van der Waals surface area contributed by atoms with Crippen LogP contribution in [-0.4, -0.2) is 58.6 Å². The van der Waals surface area contributed by atoms with Crippen molar-refractivity contribution in [3.8, 4) is 0 Å². The first kappa shape index (κ1) is 16.4. The van der Waals surface area contributed by atoms with Gasteiger partial charge in [-0.2, -0.15) is 0 Å². The Labute approximate surface area is 150 Å². The quantitative estimate of drug-likeness (QED) is 0.671. The summed E-state index contributed by atoms with van der Waals surface area (Å²) in [7, 11) is 0. The van der Waals surface area contributed by atoms with Gasteiger partial charge in [-0.05, 0) is 41.0 Å². The molecule has 3 aromatic rings. The molecule has 3 aromatic heterocycles. The number of tetrazole rings is 1. The standard InChI is InChI=1S/C17H20N8O/c26-16(12-25-13-20-21-22-25)23-8-1-2-15(11-23)17-19-7-9-24(17)10-14-3-5-18-6-4-14/h3-7,9,13,15H,1-2,8,10-12H2/t15-/m1/s1. The van der Waals surface area contributed by atoms with E-state index in [1.165, 1.54) is 16.6 Å². The molecule has 1 aliphatic heterocycles. The Morgan fingerprint density at radius 3 is 2.92 bits per heavy atom. The third-order valence-corrected chi connectivity index (χ3v) is 4.68. The molecule has 0 aromatic carbocycles. The van der Waals surface area contributed by atoms with E-state index in [2.05, 4.69) is 30.1 Å². The van der Waals surface area contributed by atoms with Crippen molar-refractivity contribution in [1.82, 2.24) is 39.6 Å². The molecule has 0 unspecified atom stereocenters. The van der Waals surface area contributed by atoms with Crippen molar-refractivity contribution in [2.45, 2.75) is 31.8 Å². The second-order valence-electron chi connectivity index (χ2n) is 6.46. The summed E-state index contributed by atoms with van der Waals surface area (Å²) in [4.78, 5) is 23.1. The summed E-state index contributed by atoms with van der Waals surface area (Å²) < 4.78 is 3.62. The summed E-state index contributed by atoms with van der Waals surface area (Å²) in [6.45, 7) is 2.37. The molecule has 0 aliphatic carbocycles. The molecular formula is C17H20N8O. The third-order valence-electron chi connectivity index (χ3n) is 4.68. The second kappa shape index (κ2) is 7.42. The van der Waals surface area contributed by atoms with E-state index in [0.717, 1.165) is 31.8 Å². The van der Waals surface area contributed by atoms with Gasteiger partial charge >= 0.3 is 0 Å². The van der Waals surface area contributed by atoms with Crippen molar-refractivity contribution in [2.24, 2.45) is 0 Å². The highest BCUT2D eigenvalue weighted by Gasteiger charge is 2.27. The zero-order chi connectivity index (χ0) is 17.8. The Balaban J connectivity index is 1.45. The summed E-state index contributed by atoms with van der Waals surface area (Å²) in [5.74, 6) is 1.30. The molecule has 1 saturated heterocycles. The van der Waals surface area contributed by atoms with Gasteiger partial charge in [0.2, 0.25) is 5.91 Å². The van der Waals surface area contributed by atoms with E-state index < -0.39 is 0 Å². The normalized spacial score (nSPS) is 17.4. The Hall–Kier alpha value is -3.10. The Bertz CT molecular complexity index is 845. The first-order valence-corrected chi connectivity index (χ1v) is 8.68. The summed E-state index contributed by atoms with van der Waals surface area (Å²) in [6.07, 6.45) is 10.9. The maximum Gasteiger partial charge on any atom is 0.244 e. The molecule has 134 valence electrons. The van der Waals surface area contributed by atoms with Crippen LogP contribution < -0.4 is 0 Å². The minimum atomic E-state index is 0.0363. The predicted octanol–water partition coefficient (Wildman–Crippen LogP) is 0.719. The summed E-state index contributed by atoms with van der Waals surface area (Å²) in [5.41, 5.74) is 1.18. The number of imidazole rings is 1. The molecule has 1 atom stereocenters. The van der Waals surface area contributed by atoms with E-state index in [1.54, 1.807) is 12.4 Å². The van der Waals surface area contributed by atoms with Crippen molar-refractivity contribution in [3.63, 3.8) is 0 Å². The van der Waals surface area contributed by atoms with Crippen LogP contribution in [0, 0.1) is 0 Å². The average molecular weight is 352 g/mol. The molecule has 9 heteroatoms. The monoisotopic (exact) mass is 352 g/mol. The van der Waals surface area contributed by atoms with Gasteiger partial charge in [-0.3, -0.25) is 9.78 Å². The van der Waals surface area contributed by atoms with Gasteiger partial charge in [0.25, 0.3) is 0 Å². The second-order valence-corrected chi connectivity index (χ2v) is 6.46. The van der Waals surface area contributed by atoms with Crippen molar-refractivity contribution >= 4 is 5.91 Å². The fraction of sp³-hybridized carbons (Fsp3) is 0.412. The van der Waals surface area contributed by atoms with Crippen LogP contribution in [-0.2, 0) is 17.9 Å². The molecule has 4 rings (SSSR count). The molecule has 0 spiro atoms. The van der Waals surface area contributed by atoms with Crippen molar-refractivity contribution in [3.05, 3.63) is 54.6 Å². The summed E-state index contributed by atoms with van der Waals surface area (Å²) in [5, 5.41) is 10.9. The predicted molar refractivity (Wildman–Crippen MR) is 91.9 cm³/mol. The molecule has 1 amide bonds. The number of hydrogen-bond acceptors (Lipinski definition) is 6. The van der Waals surface area contributed by atoms with Crippen LogP contribution in [0.3, 0.4) is 0 Å². The fourth-order valence-electron chi connectivity index (χ4n) is 3.40. The first-order chi connectivity index (χ1) is 12.8. The summed E-state index contributed by atoms with van der Waals surface area (Å²) >= 11 is 0. The van der Waals surface area contributed by atoms with E-state index in [4.69, 9.17) is 0 Å². The molecule has 26 heavy (non-hydrogen) atoms. The van der Waals surface area contributed by atoms with Gasteiger partial charge in [-0.25, -0.2) is 9.67 Å². The lowest BCUT2D eigenvalue weighted by molar-refractivity contribution is -0.133. The maximum atomic E-state index is 12.5. The Morgan fingerprint density at radius 1 is 1.23 bits per heavy atom. The number of aromatic nitrogens is 7. The first-order valence-electron chi connectivity index (χ1n) is 8.68. The van der Waals surface area contributed by atoms with Crippen LogP contribution in [0.1, 0.15) is 30.1 Å². The molecule has 0 saturated carbocycles. The van der Waals surface area contributed by atoms with Crippen molar-refractivity contribution in [2.75, 3.05) is 13.1 Å². The molecule has 1 fully saturated rings. The highest BCUT2D eigenvalue weighted by molar-refractivity contribution is 5.76. The van der Waals surface area contributed by atoms with E-state index in [9.17, 15) is 4.79 Å². The molecule has 1 aliphatic rings. The number of pyridine rings is 1. The number of carbonyl (C=O) groups excluding carboxylic acids is 1.